The molecule has 1 aliphatic rings. The molecule has 8 heteroatoms. The Labute approximate surface area is 173 Å². The summed E-state index contributed by atoms with van der Waals surface area (Å²) in [6, 6.07) is 17.8. The quantitative estimate of drug-likeness (QED) is 0.636. The summed E-state index contributed by atoms with van der Waals surface area (Å²) in [5.74, 6) is 0.701. The van der Waals surface area contributed by atoms with E-state index in [-0.39, 0.29) is 17.7 Å². The summed E-state index contributed by atoms with van der Waals surface area (Å²) in [7, 11) is 0. The number of carbonyl (C=O) groups is 2. The van der Waals surface area contributed by atoms with Gasteiger partial charge in [-0.15, -0.1) is 10.2 Å². The van der Waals surface area contributed by atoms with Crippen molar-refractivity contribution in [1.29, 1.82) is 0 Å². The molecule has 3 aromatic rings. The minimum Gasteiger partial charge on any atom is -0.336 e. The molecular weight excluding hydrogens is 386 g/mol. The molecule has 0 saturated carbocycles. The Morgan fingerprint density at radius 3 is 2.69 bits per heavy atom. The number of imide groups is 1. The second-order valence-corrected chi connectivity index (χ2v) is 7.74. The third-order valence-corrected chi connectivity index (χ3v) is 5.56. The molecule has 0 atom stereocenters. The van der Waals surface area contributed by atoms with E-state index >= 15 is 0 Å². The zero-order valence-electron chi connectivity index (χ0n) is 16.0. The molecule has 0 unspecified atom stereocenters. The Bertz CT molecular complexity index is 1030. The van der Waals surface area contributed by atoms with E-state index in [1.54, 1.807) is 0 Å². The summed E-state index contributed by atoms with van der Waals surface area (Å²) in [6.07, 6.45) is 0.630. The lowest BCUT2D eigenvalue weighted by molar-refractivity contribution is -0.124. The number of thioether (sulfide) groups is 1. The summed E-state index contributed by atoms with van der Waals surface area (Å²) < 4.78 is 1.99. The second-order valence-electron chi connectivity index (χ2n) is 6.80. The topological polar surface area (TPSA) is 80.1 Å². The van der Waals surface area contributed by atoms with Crippen molar-refractivity contribution in [3.63, 3.8) is 0 Å². The van der Waals surface area contributed by atoms with Gasteiger partial charge in [0, 0.05) is 25.2 Å². The fraction of sp³-hybridized carbons (Fsp3) is 0.238. The van der Waals surface area contributed by atoms with E-state index in [1.165, 1.54) is 16.7 Å². The second kappa shape index (κ2) is 8.48. The minimum atomic E-state index is -0.333. The highest BCUT2D eigenvalue weighted by Gasteiger charge is 2.26. The van der Waals surface area contributed by atoms with Gasteiger partial charge in [0.25, 0.3) is 0 Å². The van der Waals surface area contributed by atoms with Crippen molar-refractivity contribution in [3.05, 3.63) is 71.5 Å². The lowest BCUT2D eigenvalue weighted by Gasteiger charge is -2.13. The molecule has 1 fully saturated rings. The average Bonchev–Trinajstić information content (AvgIpc) is 3.33. The van der Waals surface area contributed by atoms with Crippen molar-refractivity contribution in [1.82, 2.24) is 25.0 Å². The van der Waals surface area contributed by atoms with Crippen molar-refractivity contribution in [2.45, 2.75) is 18.5 Å². The van der Waals surface area contributed by atoms with Gasteiger partial charge in [-0.25, -0.2) is 4.79 Å². The highest BCUT2D eigenvalue weighted by atomic mass is 32.2. The summed E-state index contributed by atoms with van der Waals surface area (Å²) in [5.41, 5.74) is 3.22. The first-order chi connectivity index (χ1) is 14.1. The molecule has 0 radical (unpaired) electrons. The summed E-state index contributed by atoms with van der Waals surface area (Å²) in [6.45, 7) is 2.94. The van der Waals surface area contributed by atoms with Gasteiger partial charge in [0.1, 0.15) is 5.82 Å². The molecule has 2 heterocycles. The Kier molecular flexibility index (Phi) is 5.62. The van der Waals surface area contributed by atoms with Crippen LogP contribution in [-0.4, -0.2) is 50.4 Å². The maximum absolute atomic E-state index is 12.4. The van der Waals surface area contributed by atoms with Gasteiger partial charge in [0.05, 0.1) is 5.75 Å². The lowest BCUT2D eigenvalue weighted by Crippen LogP contribution is -2.35. The number of amides is 3. The maximum atomic E-state index is 12.4. The zero-order chi connectivity index (χ0) is 20.2. The van der Waals surface area contributed by atoms with Crippen LogP contribution in [0.3, 0.4) is 0 Å². The number of aryl methyl sites for hydroxylation is 1. The van der Waals surface area contributed by atoms with Crippen LogP contribution in [0.1, 0.15) is 17.0 Å². The third kappa shape index (κ3) is 4.32. The van der Waals surface area contributed by atoms with Crippen LogP contribution in [0.2, 0.25) is 0 Å². The number of rotatable bonds is 6. The van der Waals surface area contributed by atoms with Crippen molar-refractivity contribution in [2.24, 2.45) is 0 Å². The molecule has 0 spiro atoms. The smallest absolute Gasteiger partial charge is 0.324 e. The van der Waals surface area contributed by atoms with Crippen LogP contribution in [0.5, 0.6) is 0 Å². The first-order valence-corrected chi connectivity index (χ1v) is 10.4. The molecule has 1 N–H and O–H groups in total. The molecule has 1 aromatic heterocycles. The van der Waals surface area contributed by atoms with Gasteiger partial charge in [-0.1, -0.05) is 54.2 Å². The van der Waals surface area contributed by atoms with Crippen LogP contribution in [0, 0.1) is 6.92 Å². The Hall–Kier alpha value is -3.13. The number of hydrogen-bond acceptors (Lipinski definition) is 5. The van der Waals surface area contributed by atoms with Crippen LogP contribution in [-0.2, 0) is 11.2 Å². The van der Waals surface area contributed by atoms with E-state index in [9.17, 15) is 9.59 Å². The van der Waals surface area contributed by atoms with Gasteiger partial charge in [-0.3, -0.25) is 14.3 Å². The number of nitrogens with one attached hydrogen (secondary N) is 1. The van der Waals surface area contributed by atoms with E-state index in [0.29, 0.717) is 24.7 Å². The number of aromatic nitrogens is 3. The van der Waals surface area contributed by atoms with Crippen molar-refractivity contribution in [2.75, 3.05) is 18.8 Å². The maximum Gasteiger partial charge on any atom is 0.324 e. The van der Waals surface area contributed by atoms with Crippen LogP contribution in [0.4, 0.5) is 4.79 Å². The number of urea groups is 1. The molecule has 4 rings (SSSR count). The summed E-state index contributed by atoms with van der Waals surface area (Å²) in [5, 5.41) is 12.0. The predicted octanol–water partition coefficient (Wildman–Crippen LogP) is 2.81. The van der Waals surface area contributed by atoms with Gasteiger partial charge < -0.3 is 5.32 Å². The average molecular weight is 407 g/mol. The van der Waals surface area contributed by atoms with E-state index < -0.39 is 0 Å². The van der Waals surface area contributed by atoms with E-state index in [0.717, 1.165) is 22.6 Å². The highest BCUT2D eigenvalue weighted by molar-refractivity contribution is 7.99. The molecule has 1 aliphatic heterocycles. The van der Waals surface area contributed by atoms with Crippen LogP contribution in [0.25, 0.3) is 5.69 Å². The van der Waals surface area contributed by atoms with Gasteiger partial charge in [-0.05, 0) is 30.2 Å². The van der Waals surface area contributed by atoms with Crippen molar-refractivity contribution >= 4 is 23.7 Å². The molecule has 1 saturated heterocycles. The summed E-state index contributed by atoms with van der Waals surface area (Å²) in [4.78, 5) is 25.4. The highest BCUT2D eigenvalue weighted by Crippen LogP contribution is 2.24. The molecule has 148 valence electrons. The van der Waals surface area contributed by atoms with Crippen LogP contribution < -0.4 is 5.32 Å². The SMILES string of the molecule is Cc1cccc(-n2c(Cc3ccccc3)nnc2SCC(=O)N2CCNC2=O)c1. The first kappa shape index (κ1) is 19.2. The van der Waals surface area contributed by atoms with E-state index in [4.69, 9.17) is 0 Å². The fourth-order valence-electron chi connectivity index (χ4n) is 3.23. The molecule has 2 aromatic carbocycles. The predicted molar refractivity (Wildman–Crippen MR) is 111 cm³/mol. The van der Waals surface area contributed by atoms with Crippen LogP contribution in [0.15, 0.2) is 59.8 Å². The molecule has 7 nitrogen and oxygen atoms in total. The Morgan fingerprint density at radius 1 is 1.14 bits per heavy atom. The third-order valence-electron chi connectivity index (χ3n) is 4.65. The van der Waals surface area contributed by atoms with Crippen molar-refractivity contribution in [3.8, 4) is 5.69 Å². The standard InChI is InChI=1S/C21H21N5O2S/c1-15-6-5-9-17(12-15)26-18(13-16-7-3-2-4-8-16)23-24-21(26)29-14-19(27)25-11-10-22-20(25)28/h2-9,12H,10-11,13-14H2,1H3,(H,22,28). The van der Waals surface area contributed by atoms with Gasteiger partial charge in [0.2, 0.25) is 5.91 Å². The van der Waals surface area contributed by atoms with E-state index in [2.05, 4.69) is 33.7 Å². The number of carbonyl (C=O) groups excluding carboxylic acids is 2. The fourth-order valence-corrected chi connectivity index (χ4v) is 4.07. The molecule has 3 amide bonds. The minimum absolute atomic E-state index is 0.128. The number of hydrogen-bond donors (Lipinski definition) is 1. The molecular formula is C21H21N5O2S. The number of nitrogens with zero attached hydrogens (tertiary/aromatic N) is 4. The molecule has 29 heavy (non-hydrogen) atoms. The van der Waals surface area contributed by atoms with Gasteiger partial charge >= 0.3 is 6.03 Å². The van der Waals surface area contributed by atoms with E-state index in [1.807, 2.05) is 47.9 Å². The normalized spacial score (nSPS) is 13.6. The molecule has 0 aliphatic carbocycles. The molecule has 0 bridgehead atoms. The zero-order valence-corrected chi connectivity index (χ0v) is 16.9. The monoisotopic (exact) mass is 407 g/mol. The largest absolute Gasteiger partial charge is 0.336 e. The Morgan fingerprint density at radius 2 is 1.97 bits per heavy atom. The summed E-state index contributed by atoms with van der Waals surface area (Å²) >= 11 is 1.29. The first-order valence-electron chi connectivity index (χ1n) is 9.38. The lowest BCUT2D eigenvalue weighted by atomic mass is 10.1. The van der Waals surface area contributed by atoms with Gasteiger partial charge in [-0.2, -0.15) is 0 Å². The number of benzene rings is 2. The van der Waals surface area contributed by atoms with Gasteiger partial charge in [0.15, 0.2) is 5.16 Å². The van der Waals surface area contributed by atoms with Crippen molar-refractivity contribution < 1.29 is 9.59 Å². The Balaban J connectivity index is 1.61. The van der Waals surface area contributed by atoms with Crippen LogP contribution >= 0.6 is 11.8 Å².